The molecule has 0 aromatic heterocycles. The van der Waals surface area contributed by atoms with Crippen LogP contribution < -0.4 is 10.6 Å². The van der Waals surface area contributed by atoms with Crippen molar-refractivity contribution in [1.29, 1.82) is 5.26 Å². The number of nitriles is 1. The van der Waals surface area contributed by atoms with Crippen LogP contribution >= 0.6 is 11.8 Å². The van der Waals surface area contributed by atoms with Crippen LogP contribution in [0, 0.1) is 11.3 Å². The first-order chi connectivity index (χ1) is 28.7. The van der Waals surface area contributed by atoms with E-state index in [1.54, 1.807) is 0 Å². The van der Waals surface area contributed by atoms with Crippen LogP contribution in [-0.2, 0) is 5.41 Å². The van der Waals surface area contributed by atoms with Crippen molar-refractivity contribution in [2.75, 3.05) is 0 Å². The Labute approximate surface area is 342 Å². The van der Waals surface area contributed by atoms with Crippen molar-refractivity contribution in [2.24, 2.45) is 4.99 Å². The van der Waals surface area contributed by atoms with Gasteiger partial charge in [0.05, 0.1) is 17.0 Å². The van der Waals surface area contributed by atoms with Crippen molar-refractivity contribution >= 4 is 17.6 Å². The van der Waals surface area contributed by atoms with Gasteiger partial charge in [-0.1, -0.05) is 163 Å². The number of rotatable bonds is 5. The van der Waals surface area contributed by atoms with Crippen LogP contribution in [0.15, 0.2) is 209 Å². The molecule has 0 bridgehead atoms. The molecular weight excluding hydrogens is 725 g/mol. The van der Waals surface area contributed by atoms with Gasteiger partial charge in [0.2, 0.25) is 0 Å². The number of amidine groups is 1. The largest absolute Gasteiger partial charge is 0.350 e. The third kappa shape index (κ3) is 5.53. The first kappa shape index (κ1) is 34.3. The first-order valence-corrected chi connectivity index (χ1v) is 20.5. The Bertz CT molecular complexity index is 2920. The summed E-state index contributed by atoms with van der Waals surface area (Å²) in [6.45, 7) is 0. The van der Waals surface area contributed by atoms with E-state index in [1.807, 2.05) is 30.0 Å². The van der Waals surface area contributed by atoms with Gasteiger partial charge in [-0.3, -0.25) is 5.32 Å². The van der Waals surface area contributed by atoms with Crippen molar-refractivity contribution in [3.63, 3.8) is 0 Å². The Morgan fingerprint density at radius 1 is 0.483 bits per heavy atom. The van der Waals surface area contributed by atoms with Gasteiger partial charge in [0.25, 0.3) is 0 Å². The molecule has 0 saturated carbocycles. The molecule has 2 N–H and O–H groups in total. The van der Waals surface area contributed by atoms with Gasteiger partial charge in [-0.25, -0.2) is 4.99 Å². The van der Waals surface area contributed by atoms with Gasteiger partial charge in [0.1, 0.15) is 18.2 Å². The average Bonchev–Trinajstić information content (AvgIpc) is 3.58. The van der Waals surface area contributed by atoms with Gasteiger partial charge in [0, 0.05) is 15.4 Å². The van der Waals surface area contributed by atoms with E-state index in [1.165, 1.54) is 37.6 Å². The maximum atomic E-state index is 10.1. The highest BCUT2D eigenvalue weighted by Gasteiger charge is 2.50. The maximum Gasteiger partial charge on any atom is 0.131 e. The molecular formula is C53H36N4S. The molecule has 1 spiro atoms. The van der Waals surface area contributed by atoms with Gasteiger partial charge >= 0.3 is 0 Å². The number of benzene rings is 8. The van der Waals surface area contributed by atoms with Crippen LogP contribution in [0.25, 0.3) is 33.4 Å². The number of aliphatic imine (C=N–C) groups is 1. The Morgan fingerprint density at radius 2 is 1.05 bits per heavy atom. The van der Waals surface area contributed by atoms with Crippen LogP contribution in [0.3, 0.4) is 0 Å². The van der Waals surface area contributed by atoms with Crippen LogP contribution in [0.5, 0.6) is 0 Å². The summed E-state index contributed by atoms with van der Waals surface area (Å²) in [5, 5.41) is 17.6. The molecule has 11 rings (SSSR count). The molecule has 3 aliphatic rings. The second kappa shape index (κ2) is 13.9. The highest BCUT2D eigenvalue weighted by Crippen LogP contribution is 2.62. The number of fused-ring (bicyclic) bond motifs is 9. The summed E-state index contributed by atoms with van der Waals surface area (Å²) in [5.74, 6) is 0.847. The molecule has 2 unspecified atom stereocenters. The van der Waals surface area contributed by atoms with E-state index in [4.69, 9.17) is 4.99 Å². The van der Waals surface area contributed by atoms with Crippen molar-refractivity contribution in [1.82, 2.24) is 10.6 Å². The molecule has 0 fully saturated rings. The van der Waals surface area contributed by atoms with Crippen LogP contribution in [-0.4, -0.2) is 5.84 Å². The summed E-state index contributed by atoms with van der Waals surface area (Å²) in [4.78, 5) is 7.86. The first-order valence-electron chi connectivity index (χ1n) is 19.7. The second-order valence-electron chi connectivity index (χ2n) is 15.1. The van der Waals surface area contributed by atoms with Crippen molar-refractivity contribution in [3.05, 3.63) is 239 Å². The van der Waals surface area contributed by atoms with Crippen LogP contribution in [0.4, 0.5) is 0 Å². The van der Waals surface area contributed by atoms with E-state index < -0.39 is 5.41 Å². The van der Waals surface area contributed by atoms with Crippen molar-refractivity contribution < 1.29 is 0 Å². The quantitative estimate of drug-likeness (QED) is 0.183. The monoisotopic (exact) mass is 760 g/mol. The highest BCUT2D eigenvalue weighted by atomic mass is 32.2. The molecule has 0 amide bonds. The summed E-state index contributed by atoms with van der Waals surface area (Å²) in [5.41, 5.74) is 15.3. The van der Waals surface area contributed by atoms with Gasteiger partial charge in [-0.15, -0.1) is 0 Å². The summed E-state index contributed by atoms with van der Waals surface area (Å²) < 4.78 is 0. The van der Waals surface area contributed by atoms with Crippen LogP contribution in [0.2, 0.25) is 0 Å². The van der Waals surface area contributed by atoms with Gasteiger partial charge in [-0.2, -0.15) is 5.26 Å². The Kier molecular flexibility index (Phi) is 8.22. The SMILES string of the molecule is N#Cc1ccc2c(c1)-c1cc(-c3cccc(C4N=C(c5cccc(-c6ccccc6)c5)NC(c5ccccc5)N4)c3)ccc1C21c2ccccc2Sc2ccccc21. The molecule has 0 saturated heterocycles. The summed E-state index contributed by atoms with van der Waals surface area (Å²) in [7, 11) is 0. The average molecular weight is 761 g/mol. The van der Waals surface area contributed by atoms with Gasteiger partial charge < -0.3 is 5.32 Å². The van der Waals surface area contributed by atoms with Crippen LogP contribution in [0.1, 0.15) is 56.8 Å². The standard InChI is InChI=1S/C53H36N4S/c54-33-34-25-27-44-42(29-34)43-32-39(26-28-45(43)53(44)46-21-7-9-23-48(46)58-49-24-10-8-22-47(49)53)38-18-12-20-41(31-38)52-56-50(36-15-5-2-6-16-36)55-51(57-52)40-19-11-17-37(30-40)35-13-3-1-4-14-35/h1-32,50,52,56H,(H,55,57). The zero-order valence-electron chi connectivity index (χ0n) is 31.4. The maximum absolute atomic E-state index is 10.1. The normalized spacial score (nSPS) is 16.8. The summed E-state index contributed by atoms with van der Waals surface area (Å²) in [6.07, 6.45) is -0.449. The lowest BCUT2D eigenvalue weighted by Crippen LogP contribution is -2.44. The van der Waals surface area contributed by atoms with Crippen molar-refractivity contribution in [3.8, 4) is 39.4 Å². The predicted molar refractivity (Wildman–Crippen MR) is 235 cm³/mol. The fourth-order valence-corrected chi connectivity index (χ4v) is 10.4. The Morgan fingerprint density at radius 3 is 1.79 bits per heavy atom. The predicted octanol–water partition coefficient (Wildman–Crippen LogP) is 12.1. The summed E-state index contributed by atoms with van der Waals surface area (Å²) in [6, 6.07) is 71.6. The Hall–Kier alpha value is -6.97. The second-order valence-corrected chi connectivity index (χ2v) is 16.2. The topological polar surface area (TPSA) is 60.2 Å². The molecule has 2 aliphatic heterocycles. The third-order valence-electron chi connectivity index (χ3n) is 11.8. The van der Waals surface area contributed by atoms with Gasteiger partial charge in [-0.05, 0) is 109 Å². The fourth-order valence-electron chi connectivity index (χ4n) is 9.22. The Balaban J connectivity index is 1.03. The van der Waals surface area contributed by atoms with E-state index in [0.717, 1.165) is 50.3 Å². The lowest BCUT2D eigenvalue weighted by atomic mass is 9.67. The smallest absolute Gasteiger partial charge is 0.131 e. The minimum absolute atomic E-state index is 0.149. The molecule has 5 heteroatoms. The molecule has 8 aromatic rings. The van der Waals surface area contributed by atoms with Gasteiger partial charge in [0.15, 0.2) is 0 Å². The van der Waals surface area contributed by atoms with E-state index in [-0.39, 0.29) is 12.3 Å². The van der Waals surface area contributed by atoms with E-state index in [0.29, 0.717) is 5.56 Å². The molecule has 2 atom stereocenters. The molecule has 4 nitrogen and oxygen atoms in total. The highest BCUT2D eigenvalue weighted by molar-refractivity contribution is 7.99. The molecule has 8 aromatic carbocycles. The molecule has 58 heavy (non-hydrogen) atoms. The van der Waals surface area contributed by atoms with E-state index in [2.05, 4.69) is 193 Å². The molecule has 0 radical (unpaired) electrons. The number of hydrogen-bond acceptors (Lipinski definition) is 5. The minimum Gasteiger partial charge on any atom is -0.350 e. The molecule has 274 valence electrons. The number of nitrogens with one attached hydrogen (secondary N) is 2. The van der Waals surface area contributed by atoms with E-state index >= 15 is 0 Å². The van der Waals surface area contributed by atoms with Crippen molar-refractivity contribution in [2.45, 2.75) is 27.5 Å². The molecule has 2 heterocycles. The fraction of sp³-hybridized carbons (Fsp3) is 0.0566. The zero-order valence-corrected chi connectivity index (χ0v) is 32.2. The zero-order chi connectivity index (χ0) is 38.6. The minimum atomic E-state index is -0.494. The third-order valence-corrected chi connectivity index (χ3v) is 13.0. The lowest BCUT2D eigenvalue weighted by molar-refractivity contribution is 0.409. The summed E-state index contributed by atoms with van der Waals surface area (Å²) >= 11 is 1.84. The van der Waals surface area contributed by atoms with E-state index in [9.17, 15) is 5.26 Å². The molecule has 1 aliphatic carbocycles. The number of nitrogens with zero attached hydrogens (tertiary/aromatic N) is 2. The lowest BCUT2D eigenvalue weighted by Gasteiger charge is -2.39. The number of hydrogen-bond donors (Lipinski definition) is 2.